The van der Waals surface area contributed by atoms with Crippen LogP contribution >= 0.6 is 8.58 Å². The van der Waals surface area contributed by atoms with Crippen LogP contribution in [0, 0.1) is 0 Å². The molecular weight excluding hydrogens is 182 g/mol. The quantitative estimate of drug-likeness (QED) is 0.474. The topological polar surface area (TPSA) is 0 Å². The Kier molecular flexibility index (Phi) is 6.85. The molecule has 0 bridgehead atoms. The molecule has 0 aromatic heterocycles. The summed E-state index contributed by atoms with van der Waals surface area (Å²) in [6, 6.07) is 0. The van der Waals surface area contributed by atoms with Crippen LogP contribution in [-0.4, -0.2) is 11.3 Å². The third-order valence-corrected chi connectivity index (χ3v) is 5.78. The van der Waals surface area contributed by atoms with E-state index < -0.39 is 0 Å². The van der Waals surface area contributed by atoms with Gasteiger partial charge in [-0.1, -0.05) is 38.5 Å². The minimum atomic E-state index is 0. The maximum atomic E-state index is 1.56. The molecule has 0 aromatic rings. The molecule has 0 atom stereocenters. The Bertz CT molecular complexity index is 127. The van der Waals surface area contributed by atoms with Crippen molar-refractivity contribution < 1.29 is 20.3 Å². The molecule has 0 aromatic carbocycles. The van der Waals surface area contributed by atoms with Gasteiger partial charge in [0.15, 0.2) is 0 Å². The molecule has 0 spiro atoms. The summed E-state index contributed by atoms with van der Waals surface area (Å²) in [6.07, 6.45) is 15.4. The molecule has 2 heteroatoms. The monoisotopic (exact) mass is 206 g/mol. The summed E-state index contributed by atoms with van der Waals surface area (Å²) < 4.78 is 0. The van der Waals surface area contributed by atoms with E-state index in [1.165, 1.54) is 47.1 Å². The van der Waals surface area contributed by atoms with Crippen molar-refractivity contribution in [2.24, 2.45) is 0 Å². The van der Waals surface area contributed by atoms with Crippen molar-refractivity contribution in [1.82, 2.24) is 0 Å². The molecule has 2 fully saturated rings. The van der Waals surface area contributed by atoms with E-state index in [2.05, 4.69) is 0 Å². The molecule has 78 valence electrons. The van der Waals surface area contributed by atoms with Gasteiger partial charge >= 0.3 is 18.9 Å². The van der Waals surface area contributed by atoms with Gasteiger partial charge in [-0.25, -0.2) is 0 Å². The van der Waals surface area contributed by atoms with E-state index in [4.69, 9.17) is 0 Å². The summed E-state index contributed by atoms with van der Waals surface area (Å²) >= 11 is 0. The molecule has 0 aliphatic heterocycles. The van der Waals surface area contributed by atoms with Crippen LogP contribution in [0.25, 0.3) is 0 Å². The molecule has 0 heterocycles. The van der Waals surface area contributed by atoms with E-state index in [9.17, 15) is 0 Å². The summed E-state index contributed by atoms with van der Waals surface area (Å²) in [5.41, 5.74) is 2.30. The predicted octanol–water partition coefficient (Wildman–Crippen LogP) is 1.45. The second kappa shape index (κ2) is 7.33. The second-order valence-electron chi connectivity index (χ2n) is 4.84. The molecule has 0 unspecified atom stereocenters. The van der Waals surface area contributed by atoms with Gasteiger partial charge in [-0.3, -0.25) is 0 Å². The molecule has 0 saturated heterocycles. The molecule has 2 aliphatic rings. The molecule has 0 N–H and O–H groups in total. The van der Waals surface area contributed by atoms with Crippen LogP contribution in [0.4, 0.5) is 0 Å². The van der Waals surface area contributed by atoms with Crippen LogP contribution in [0.15, 0.2) is 0 Å². The first kappa shape index (κ1) is 13.1. The van der Waals surface area contributed by atoms with E-state index >= 15 is 0 Å². The Morgan fingerprint density at radius 1 is 0.643 bits per heavy atom. The Hall–Kier alpha value is 1.03. The fourth-order valence-electron chi connectivity index (χ4n) is 2.87. The number of hydrogen-bond donors (Lipinski definition) is 0. The average molecular weight is 206 g/mol. The summed E-state index contributed by atoms with van der Waals surface area (Å²) in [6.45, 7) is 0. The molecule has 2 rings (SSSR count). The Balaban J connectivity index is 0.000000980. The van der Waals surface area contributed by atoms with Gasteiger partial charge in [-0.15, -0.1) is 8.58 Å². The van der Waals surface area contributed by atoms with Crippen LogP contribution in [0.1, 0.15) is 65.6 Å². The van der Waals surface area contributed by atoms with E-state index in [-0.39, 0.29) is 20.3 Å². The minimum Gasteiger partial charge on any atom is -1.00 e. The zero-order valence-electron chi connectivity index (χ0n) is 10.7. The van der Waals surface area contributed by atoms with E-state index in [0.29, 0.717) is 0 Å². The van der Waals surface area contributed by atoms with Crippen molar-refractivity contribution >= 4 is 8.58 Å². The summed E-state index contributed by atoms with van der Waals surface area (Å²) in [5.74, 6) is 0. The predicted molar refractivity (Wildman–Crippen MR) is 63.2 cm³/mol. The number of hydrogen-bond acceptors (Lipinski definition) is 0. The molecule has 2 aliphatic carbocycles. The maximum Gasteiger partial charge on any atom is 1.00 e. The summed E-state index contributed by atoms with van der Waals surface area (Å²) in [4.78, 5) is 0. The van der Waals surface area contributed by atoms with Crippen molar-refractivity contribution in [3.05, 3.63) is 0 Å². The van der Waals surface area contributed by atoms with E-state index in [0.717, 1.165) is 11.3 Å². The third kappa shape index (κ3) is 4.26. The van der Waals surface area contributed by atoms with E-state index in [1.54, 1.807) is 25.7 Å². The standard InChI is InChI=1S/C12H23P.Li.H/c1-3-7-11(8-4-1)13-12-9-5-2-6-10-12;;/h11-13H,1-10H2;;/q;+1;-1. The number of rotatable bonds is 2. The summed E-state index contributed by atoms with van der Waals surface area (Å²) in [5, 5.41) is 0. The molecule has 2 saturated carbocycles. The van der Waals surface area contributed by atoms with E-state index in [1.807, 2.05) is 0 Å². The first-order chi connectivity index (χ1) is 6.45. The normalized spacial score (nSPS) is 25.7. The Morgan fingerprint density at radius 2 is 1.00 bits per heavy atom. The third-order valence-electron chi connectivity index (χ3n) is 3.68. The fraction of sp³-hybridized carbons (Fsp3) is 1.00. The van der Waals surface area contributed by atoms with Crippen LogP contribution in [0.2, 0.25) is 0 Å². The smallest absolute Gasteiger partial charge is 1.00 e. The van der Waals surface area contributed by atoms with Crippen LogP contribution in [-0.2, 0) is 0 Å². The molecule has 0 amide bonds. The molecule has 0 radical (unpaired) electrons. The van der Waals surface area contributed by atoms with Crippen molar-refractivity contribution in [2.45, 2.75) is 75.5 Å². The van der Waals surface area contributed by atoms with Gasteiger partial charge in [0.05, 0.1) is 0 Å². The fourth-order valence-corrected chi connectivity index (χ4v) is 5.02. The van der Waals surface area contributed by atoms with Crippen LogP contribution in [0.5, 0.6) is 0 Å². The van der Waals surface area contributed by atoms with Crippen molar-refractivity contribution in [1.29, 1.82) is 0 Å². The minimum absolute atomic E-state index is 0. The van der Waals surface area contributed by atoms with Crippen molar-refractivity contribution in [2.75, 3.05) is 0 Å². The summed E-state index contributed by atoms with van der Waals surface area (Å²) in [7, 11) is 1.33. The zero-order chi connectivity index (χ0) is 8.93. The van der Waals surface area contributed by atoms with Gasteiger partial charge in [0.1, 0.15) is 0 Å². The first-order valence-electron chi connectivity index (χ1n) is 6.21. The second-order valence-corrected chi connectivity index (χ2v) is 6.80. The molecular formula is C12H24LiP. The Morgan fingerprint density at radius 3 is 1.36 bits per heavy atom. The van der Waals surface area contributed by atoms with Gasteiger partial charge in [-0.05, 0) is 37.0 Å². The largest absolute Gasteiger partial charge is 1.00 e. The SMILES string of the molecule is C1CCC(PC2CCCCC2)CC1.[H-].[Li+]. The molecule has 0 nitrogen and oxygen atoms in total. The zero-order valence-corrected chi connectivity index (χ0v) is 10.7. The average Bonchev–Trinajstić information content (AvgIpc) is 2.21. The van der Waals surface area contributed by atoms with Gasteiger partial charge in [0, 0.05) is 0 Å². The van der Waals surface area contributed by atoms with Crippen LogP contribution < -0.4 is 18.9 Å². The van der Waals surface area contributed by atoms with Crippen molar-refractivity contribution in [3.63, 3.8) is 0 Å². The van der Waals surface area contributed by atoms with Gasteiger partial charge < -0.3 is 1.43 Å². The Labute approximate surface area is 104 Å². The first-order valence-corrected chi connectivity index (χ1v) is 7.37. The van der Waals surface area contributed by atoms with Crippen LogP contribution in [0.3, 0.4) is 0 Å². The van der Waals surface area contributed by atoms with Gasteiger partial charge in [-0.2, -0.15) is 0 Å². The molecule has 14 heavy (non-hydrogen) atoms. The van der Waals surface area contributed by atoms with Crippen molar-refractivity contribution in [3.8, 4) is 0 Å². The van der Waals surface area contributed by atoms with Gasteiger partial charge in [0.25, 0.3) is 0 Å². The van der Waals surface area contributed by atoms with Gasteiger partial charge in [0.2, 0.25) is 0 Å². The maximum absolute atomic E-state index is 1.56.